The molecule has 1 aromatic carbocycles. The lowest BCUT2D eigenvalue weighted by Crippen LogP contribution is -2.06. The SMILES string of the molecule is O=C(O)CCc1c(Br)cccc1OC(F)F. The molecule has 0 fully saturated rings. The first-order chi connectivity index (χ1) is 7.50. The summed E-state index contributed by atoms with van der Waals surface area (Å²) in [5.74, 6) is -0.982. The normalized spacial score (nSPS) is 10.5. The molecule has 0 amide bonds. The van der Waals surface area contributed by atoms with E-state index >= 15 is 0 Å². The third-order valence-corrected chi connectivity index (χ3v) is 2.62. The molecule has 0 atom stereocenters. The van der Waals surface area contributed by atoms with Gasteiger partial charge in [-0.25, -0.2) is 0 Å². The molecule has 0 heterocycles. The summed E-state index contributed by atoms with van der Waals surface area (Å²) in [4.78, 5) is 10.4. The Labute approximate surface area is 99.2 Å². The number of aliphatic carboxylic acids is 1. The van der Waals surface area contributed by atoms with Crippen molar-refractivity contribution in [3.05, 3.63) is 28.2 Å². The Morgan fingerprint density at radius 3 is 2.75 bits per heavy atom. The van der Waals surface area contributed by atoms with Gasteiger partial charge in [0.1, 0.15) is 5.75 Å². The second-order valence-electron chi connectivity index (χ2n) is 2.99. The molecular weight excluding hydrogens is 286 g/mol. The van der Waals surface area contributed by atoms with Crippen LogP contribution in [0.4, 0.5) is 8.78 Å². The Hall–Kier alpha value is -1.17. The summed E-state index contributed by atoms with van der Waals surface area (Å²) in [7, 11) is 0. The smallest absolute Gasteiger partial charge is 0.387 e. The molecule has 0 spiro atoms. The second kappa shape index (κ2) is 5.79. The lowest BCUT2D eigenvalue weighted by molar-refractivity contribution is -0.136. The molecule has 1 N–H and O–H groups in total. The van der Waals surface area contributed by atoms with Crippen molar-refractivity contribution in [1.82, 2.24) is 0 Å². The number of carbonyl (C=O) groups is 1. The zero-order valence-corrected chi connectivity index (χ0v) is 9.71. The van der Waals surface area contributed by atoms with E-state index in [4.69, 9.17) is 5.11 Å². The highest BCUT2D eigenvalue weighted by atomic mass is 79.9. The van der Waals surface area contributed by atoms with Crippen LogP contribution in [0.25, 0.3) is 0 Å². The topological polar surface area (TPSA) is 46.5 Å². The van der Waals surface area contributed by atoms with E-state index in [1.54, 1.807) is 12.1 Å². The number of hydrogen-bond donors (Lipinski definition) is 1. The van der Waals surface area contributed by atoms with Gasteiger partial charge in [0.25, 0.3) is 0 Å². The maximum Gasteiger partial charge on any atom is 0.387 e. The van der Waals surface area contributed by atoms with Gasteiger partial charge >= 0.3 is 12.6 Å². The first-order valence-corrected chi connectivity index (χ1v) is 5.24. The average molecular weight is 295 g/mol. The number of hydrogen-bond acceptors (Lipinski definition) is 2. The number of rotatable bonds is 5. The Bertz CT molecular complexity index is 382. The van der Waals surface area contributed by atoms with Crippen LogP contribution in [0, 0.1) is 0 Å². The molecule has 0 aromatic heterocycles. The third kappa shape index (κ3) is 3.77. The van der Waals surface area contributed by atoms with Crippen molar-refractivity contribution >= 4 is 21.9 Å². The number of benzene rings is 1. The zero-order chi connectivity index (χ0) is 12.1. The molecule has 6 heteroatoms. The first-order valence-electron chi connectivity index (χ1n) is 4.44. The molecule has 16 heavy (non-hydrogen) atoms. The standard InChI is InChI=1S/C10H9BrF2O3/c11-7-2-1-3-8(16-10(12)13)6(7)4-5-9(14)15/h1-3,10H,4-5H2,(H,14,15). The quantitative estimate of drug-likeness (QED) is 0.908. The minimum atomic E-state index is -2.92. The number of carboxylic acid groups (broad SMARTS) is 1. The predicted molar refractivity (Wildman–Crippen MR) is 56.7 cm³/mol. The van der Waals surface area contributed by atoms with Gasteiger partial charge in [-0.05, 0) is 18.6 Å². The van der Waals surface area contributed by atoms with Crippen molar-refractivity contribution in [2.24, 2.45) is 0 Å². The number of alkyl halides is 2. The van der Waals surface area contributed by atoms with Gasteiger partial charge < -0.3 is 9.84 Å². The van der Waals surface area contributed by atoms with Crippen LogP contribution in [-0.4, -0.2) is 17.7 Å². The summed E-state index contributed by atoms with van der Waals surface area (Å²) in [5, 5.41) is 8.53. The van der Waals surface area contributed by atoms with Gasteiger partial charge in [0, 0.05) is 16.5 Å². The maximum atomic E-state index is 12.1. The van der Waals surface area contributed by atoms with Crippen LogP contribution in [-0.2, 0) is 11.2 Å². The van der Waals surface area contributed by atoms with E-state index in [1.807, 2.05) is 0 Å². The van der Waals surface area contributed by atoms with Gasteiger partial charge in [-0.1, -0.05) is 22.0 Å². The fourth-order valence-corrected chi connectivity index (χ4v) is 1.77. The summed E-state index contributed by atoms with van der Waals surface area (Å²) in [6.07, 6.45) is 0.00101. The van der Waals surface area contributed by atoms with E-state index in [0.717, 1.165) is 0 Å². The Balaban J connectivity index is 2.89. The molecule has 0 saturated carbocycles. The van der Waals surface area contributed by atoms with Gasteiger partial charge in [-0.15, -0.1) is 0 Å². The van der Waals surface area contributed by atoms with Crippen LogP contribution >= 0.6 is 15.9 Å². The lowest BCUT2D eigenvalue weighted by atomic mass is 10.1. The molecule has 0 radical (unpaired) electrons. The van der Waals surface area contributed by atoms with Gasteiger partial charge in [-0.3, -0.25) is 4.79 Å². The van der Waals surface area contributed by atoms with E-state index in [1.165, 1.54) is 6.07 Å². The van der Waals surface area contributed by atoms with Crippen LogP contribution in [0.15, 0.2) is 22.7 Å². The molecule has 0 aliphatic rings. The van der Waals surface area contributed by atoms with Crippen molar-refractivity contribution in [1.29, 1.82) is 0 Å². The molecule has 1 rings (SSSR count). The molecule has 0 unspecified atom stereocenters. The van der Waals surface area contributed by atoms with Crippen molar-refractivity contribution in [2.45, 2.75) is 19.5 Å². The maximum absolute atomic E-state index is 12.1. The van der Waals surface area contributed by atoms with Crippen LogP contribution in [0.3, 0.4) is 0 Å². The molecule has 0 bridgehead atoms. The average Bonchev–Trinajstić information content (AvgIpc) is 2.15. The highest BCUT2D eigenvalue weighted by Gasteiger charge is 2.13. The summed E-state index contributed by atoms with van der Waals surface area (Å²) >= 11 is 3.17. The summed E-state index contributed by atoms with van der Waals surface area (Å²) in [6.45, 7) is -2.92. The van der Waals surface area contributed by atoms with Gasteiger partial charge in [0.15, 0.2) is 0 Å². The molecule has 88 valence electrons. The first kappa shape index (κ1) is 12.9. The second-order valence-corrected chi connectivity index (χ2v) is 3.84. The number of carboxylic acids is 1. The molecule has 0 saturated heterocycles. The predicted octanol–water partition coefficient (Wildman–Crippen LogP) is 3.07. The molecule has 0 aliphatic heterocycles. The van der Waals surface area contributed by atoms with Crippen LogP contribution in [0.2, 0.25) is 0 Å². The van der Waals surface area contributed by atoms with Crippen LogP contribution in [0.5, 0.6) is 5.75 Å². The van der Waals surface area contributed by atoms with E-state index in [9.17, 15) is 13.6 Å². The van der Waals surface area contributed by atoms with E-state index in [0.29, 0.717) is 10.0 Å². The summed E-state index contributed by atoms with van der Waals surface area (Å²) in [5.41, 5.74) is 0.435. The zero-order valence-electron chi connectivity index (χ0n) is 8.12. The highest BCUT2D eigenvalue weighted by Crippen LogP contribution is 2.29. The number of halogens is 3. The monoisotopic (exact) mass is 294 g/mol. The van der Waals surface area contributed by atoms with Gasteiger partial charge in [0.2, 0.25) is 0 Å². The minimum absolute atomic E-state index is 0.00521. The van der Waals surface area contributed by atoms with E-state index < -0.39 is 12.6 Å². The van der Waals surface area contributed by atoms with Gasteiger partial charge in [0.05, 0.1) is 0 Å². The van der Waals surface area contributed by atoms with Crippen molar-refractivity contribution in [3.8, 4) is 5.75 Å². The Kier molecular flexibility index (Phi) is 4.67. The molecule has 0 aliphatic carbocycles. The molecular formula is C10H9BrF2O3. The van der Waals surface area contributed by atoms with Gasteiger partial charge in [-0.2, -0.15) is 8.78 Å². The number of ether oxygens (including phenoxy) is 1. The van der Waals surface area contributed by atoms with Crippen LogP contribution < -0.4 is 4.74 Å². The Morgan fingerprint density at radius 1 is 1.50 bits per heavy atom. The van der Waals surface area contributed by atoms with Crippen molar-refractivity contribution in [2.75, 3.05) is 0 Å². The largest absolute Gasteiger partial charge is 0.481 e. The van der Waals surface area contributed by atoms with E-state index in [-0.39, 0.29) is 18.6 Å². The third-order valence-electron chi connectivity index (χ3n) is 1.88. The van der Waals surface area contributed by atoms with E-state index in [2.05, 4.69) is 20.7 Å². The lowest BCUT2D eigenvalue weighted by Gasteiger charge is -2.11. The molecule has 1 aromatic rings. The van der Waals surface area contributed by atoms with Crippen molar-refractivity contribution < 1.29 is 23.4 Å². The fourth-order valence-electron chi connectivity index (χ4n) is 1.22. The Morgan fingerprint density at radius 2 is 2.19 bits per heavy atom. The molecule has 3 nitrogen and oxygen atoms in total. The fraction of sp³-hybridized carbons (Fsp3) is 0.300. The summed E-state index contributed by atoms with van der Waals surface area (Å²) in [6, 6.07) is 4.58. The summed E-state index contributed by atoms with van der Waals surface area (Å²) < 4.78 is 29.0. The van der Waals surface area contributed by atoms with Crippen LogP contribution in [0.1, 0.15) is 12.0 Å². The minimum Gasteiger partial charge on any atom is -0.481 e. The van der Waals surface area contributed by atoms with Crippen molar-refractivity contribution in [3.63, 3.8) is 0 Å². The highest BCUT2D eigenvalue weighted by molar-refractivity contribution is 9.10.